The number of benzene rings is 2. The lowest BCUT2D eigenvalue weighted by Crippen LogP contribution is -2.49. The van der Waals surface area contributed by atoms with Crippen molar-refractivity contribution < 1.29 is 18.7 Å². The maximum absolute atomic E-state index is 13.7. The number of fused-ring (bicyclic) bond motifs is 1. The van der Waals surface area contributed by atoms with Crippen molar-refractivity contribution in [1.29, 1.82) is 0 Å². The van der Waals surface area contributed by atoms with Crippen LogP contribution in [0.3, 0.4) is 0 Å². The largest absolute Gasteiger partial charge is 0.486 e. The molecule has 2 aliphatic rings. The fourth-order valence-corrected chi connectivity index (χ4v) is 3.84. The lowest BCUT2D eigenvalue weighted by Gasteiger charge is -2.43. The molecule has 2 aromatic carbocycles. The van der Waals surface area contributed by atoms with Crippen molar-refractivity contribution in [2.24, 2.45) is 0 Å². The molecule has 2 aromatic rings. The van der Waals surface area contributed by atoms with E-state index in [1.807, 2.05) is 24.3 Å². The van der Waals surface area contributed by atoms with E-state index in [2.05, 4.69) is 0 Å². The third-order valence-corrected chi connectivity index (χ3v) is 5.37. The molecule has 1 aliphatic heterocycles. The molecule has 4 rings (SSSR count). The maximum Gasteiger partial charge on any atom is 0.233 e. The number of halogens is 1. The first kappa shape index (κ1) is 16.9. The first-order valence-electron chi connectivity index (χ1n) is 8.99. The Kier molecular flexibility index (Phi) is 4.31. The summed E-state index contributed by atoms with van der Waals surface area (Å²) in [6.45, 7) is 1.57. The molecule has 26 heavy (non-hydrogen) atoms. The summed E-state index contributed by atoms with van der Waals surface area (Å²) in [5.74, 6) is 1.21. The van der Waals surface area contributed by atoms with Gasteiger partial charge in [0.2, 0.25) is 5.91 Å². The molecule has 1 aliphatic carbocycles. The molecule has 0 bridgehead atoms. The molecule has 5 heteroatoms. The van der Waals surface area contributed by atoms with Crippen LogP contribution in [0.25, 0.3) is 0 Å². The minimum Gasteiger partial charge on any atom is -0.486 e. The van der Waals surface area contributed by atoms with Gasteiger partial charge in [-0.25, -0.2) is 4.39 Å². The third kappa shape index (κ3) is 2.91. The van der Waals surface area contributed by atoms with Crippen molar-refractivity contribution in [2.75, 3.05) is 20.3 Å². The fraction of sp³-hybridized carbons (Fsp3) is 0.381. The number of hydrogen-bond donors (Lipinski definition) is 0. The quantitative estimate of drug-likeness (QED) is 0.840. The van der Waals surface area contributed by atoms with Crippen molar-refractivity contribution >= 4 is 5.91 Å². The Bertz CT molecular complexity index is 832. The highest BCUT2D eigenvalue weighted by Gasteiger charge is 2.47. The summed E-state index contributed by atoms with van der Waals surface area (Å²) in [5, 5.41) is 0. The Morgan fingerprint density at radius 2 is 1.88 bits per heavy atom. The van der Waals surface area contributed by atoms with Crippen LogP contribution in [-0.4, -0.2) is 31.1 Å². The van der Waals surface area contributed by atoms with Crippen LogP contribution >= 0.6 is 0 Å². The van der Waals surface area contributed by atoms with E-state index >= 15 is 0 Å². The molecule has 0 saturated heterocycles. The Hall–Kier alpha value is -2.56. The molecule has 4 nitrogen and oxygen atoms in total. The predicted octanol–water partition coefficient (Wildman–Crippen LogP) is 3.68. The molecular formula is C21H22FNO3. The van der Waals surface area contributed by atoms with E-state index in [0.29, 0.717) is 19.8 Å². The average molecular weight is 355 g/mol. The second kappa shape index (κ2) is 6.63. The molecule has 0 aromatic heterocycles. The summed E-state index contributed by atoms with van der Waals surface area (Å²) in [5.41, 5.74) is 1.17. The van der Waals surface area contributed by atoms with Gasteiger partial charge in [-0.1, -0.05) is 24.6 Å². The first-order valence-corrected chi connectivity index (χ1v) is 8.99. The standard InChI is InChI=1S/C21H22FNO3/c1-23(14-15-6-7-18-19(12-15)26-11-10-25-18)20(24)21(8-3-9-21)16-4-2-5-17(22)13-16/h2,4-7,12-13H,3,8-11,14H2,1H3. The number of nitrogens with zero attached hydrogens (tertiary/aromatic N) is 1. The first-order chi connectivity index (χ1) is 12.6. The number of ether oxygens (including phenoxy) is 2. The third-order valence-electron chi connectivity index (χ3n) is 5.37. The molecule has 0 radical (unpaired) electrons. The van der Waals surface area contributed by atoms with Crippen molar-refractivity contribution in [3.8, 4) is 11.5 Å². The Balaban J connectivity index is 1.54. The van der Waals surface area contributed by atoms with E-state index in [1.165, 1.54) is 12.1 Å². The van der Waals surface area contributed by atoms with Gasteiger partial charge in [0.1, 0.15) is 19.0 Å². The minimum absolute atomic E-state index is 0.0456. The molecule has 0 atom stereocenters. The second-order valence-corrected chi connectivity index (χ2v) is 7.09. The van der Waals surface area contributed by atoms with E-state index in [9.17, 15) is 9.18 Å². The maximum atomic E-state index is 13.7. The van der Waals surface area contributed by atoms with Gasteiger partial charge in [0.15, 0.2) is 11.5 Å². The molecule has 1 saturated carbocycles. The topological polar surface area (TPSA) is 38.8 Å². The van der Waals surface area contributed by atoms with Crippen LogP contribution in [0.1, 0.15) is 30.4 Å². The highest BCUT2D eigenvalue weighted by atomic mass is 19.1. The number of likely N-dealkylation sites (N-methyl/N-ethyl adjacent to an activating group) is 1. The zero-order valence-electron chi connectivity index (χ0n) is 14.8. The van der Waals surface area contributed by atoms with Gasteiger partial charge in [-0.3, -0.25) is 4.79 Å². The van der Waals surface area contributed by atoms with Gasteiger partial charge >= 0.3 is 0 Å². The molecule has 0 unspecified atom stereocenters. The van der Waals surface area contributed by atoms with E-state index < -0.39 is 5.41 Å². The van der Waals surface area contributed by atoms with Crippen molar-refractivity contribution in [3.05, 3.63) is 59.4 Å². The Labute approximate surface area is 152 Å². The summed E-state index contributed by atoms with van der Waals surface area (Å²) in [6, 6.07) is 12.2. The van der Waals surface area contributed by atoms with Crippen LogP contribution in [0.15, 0.2) is 42.5 Å². The van der Waals surface area contributed by atoms with Crippen molar-refractivity contribution in [3.63, 3.8) is 0 Å². The summed E-state index contributed by atoms with van der Waals surface area (Å²) >= 11 is 0. The zero-order chi connectivity index (χ0) is 18.1. The lowest BCUT2D eigenvalue weighted by molar-refractivity contribution is -0.140. The summed E-state index contributed by atoms with van der Waals surface area (Å²) in [4.78, 5) is 14.9. The molecule has 0 N–H and O–H groups in total. The fourth-order valence-electron chi connectivity index (χ4n) is 3.84. The van der Waals surface area contributed by atoms with E-state index in [0.717, 1.165) is 41.9 Å². The summed E-state index contributed by atoms with van der Waals surface area (Å²) < 4.78 is 24.8. The SMILES string of the molecule is CN(Cc1ccc2c(c1)OCCO2)C(=O)C1(c2cccc(F)c2)CCC1. The van der Waals surface area contributed by atoms with Gasteiger partial charge in [0.25, 0.3) is 0 Å². The van der Waals surface area contributed by atoms with Gasteiger partial charge in [-0.15, -0.1) is 0 Å². The number of rotatable bonds is 4. The van der Waals surface area contributed by atoms with Gasteiger partial charge in [-0.2, -0.15) is 0 Å². The van der Waals surface area contributed by atoms with Gasteiger partial charge in [0, 0.05) is 13.6 Å². The van der Waals surface area contributed by atoms with E-state index in [4.69, 9.17) is 9.47 Å². The molecule has 0 spiro atoms. The molecule has 1 heterocycles. The van der Waals surface area contributed by atoms with Crippen LogP contribution in [0.2, 0.25) is 0 Å². The number of carbonyl (C=O) groups excluding carboxylic acids is 1. The van der Waals surface area contributed by atoms with Crippen LogP contribution in [0.4, 0.5) is 4.39 Å². The Morgan fingerprint density at radius 3 is 2.58 bits per heavy atom. The zero-order valence-corrected chi connectivity index (χ0v) is 14.8. The van der Waals surface area contributed by atoms with Crippen LogP contribution in [0, 0.1) is 5.82 Å². The molecule has 1 fully saturated rings. The monoisotopic (exact) mass is 355 g/mol. The van der Waals surface area contributed by atoms with Gasteiger partial charge in [-0.05, 0) is 48.2 Å². The smallest absolute Gasteiger partial charge is 0.233 e. The van der Waals surface area contributed by atoms with E-state index in [-0.39, 0.29) is 11.7 Å². The Morgan fingerprint density at radius 1 is 1.12 bits per heavy atom. The van der Waals surface area contributed by atoms with Crippen LogP contribution in [-0.2, 0) is 16.8 Å². The predicted molar refractivity (Wildman–Crippen MR) is 95.8 cm³/mol. The normalized spacial score (nSPS) is 17.3. The van der Waals surface area contributed by atoms with Crippen LogP contribution in [0.5, 0.6) is 11.5 Å². The van der Waals surface area contributed by atoms with Crippen LogP contribution < -0.4 is 9.47 Å². The summed E-state index contributed by atoms with van der Waals surface area (Å²) in [6.07, 6.45) is 2.52. The highest BCUT2D eigenvalue weighted by molar-refractivity contribution is 5.89. The van der Waals surface area contributed by atoms with Crippen molar-refractivity contribution in [2.45, 2.75) is 31.2 Å². The average Bonchev–Trinajstić information content (AvgIpc) is 2.60. The summed E-state index contributed by atoms with van der Waals surface area (Å²) in [7, 11) is 1.80. The second-order valence-electron chi connectivity index (χ2n) is 7.09. The lowest BCUT2D eigenvalue weighted by atomic mass is 9.63. The van der Waals surface area contributed by atoms with Gasteiger partial charge in [0.05, 0.1) is 5.41 Å². The molecular weight excluding hydrogens is 333 g/mol. The molecule has 1 amide bonds. The van der Waals surface area contributed by atoms with Gasteiger partial charge < -0.3 is 14.4 Å². The minimum atomic E-state index is -0.593. The molecule has 136 valence electrons. The van der Waals surface area contributed by atoms with E-state index in [1.54, 1.807) is 18.0 Å². The number of amides is 1. The number of hydrogen-bond acceptors (Lipinski definition) is 3. The number of carbonyl (C=O) groups is 1. The highest BCUT2D eigenvalue weighted by Crippen LogP contribution is 2.45. The van der Waals surface area contributed by atoms with Crippen molar-refractivity contribution in [1.82, 2.24) is 4.90 Å².